The van der Waals surface area contributed by atoms with Crippen LogP contribution in [0.1, 0.15) is 20.8 Å². The fourth-order valence-corrected chi connectivity index (χ4v) is 2.46. The number of benzene rings is 1. The number of rotatable bonds is 3. The third kappa shape index (κ3) is 2.22. The maximum absolute atomic E-state index is 11.7. The standard InChI is InChI=1S/C17H13NO4/c1-22-17(21)12-7-8-18-14(9-12)13(10-15(18)16(19)20)11-5-3-2-4-6-11/h2-10H,1H3,(H,19,20). The van der Waals surface area contributed by atoms with Gasteiger partial charge in [0.05, 0.1) is 18.2 Å². The molecule has 0 saturated carbocycles. The molecule has 0 atom stereocenters. The Labute approximate surface area is 126 Å². The molecule has 0 bridgehead atoms. The van der Waals surface area contributed by atoms with Crippen LogP contribution in [-0.2, 0) is 4.74 Å². The molecular weight excluding hydrogens is 282 g/mol. The van der Waals surface area contributed by atoms with Gasteiger partial charge in [0, 0.05) is 11.8 Å². The van der Waals surface area contributed by atoms with Gasteiger partial charge in [-0.3, -0.25) is 0 Å². The summed E-state index contributed by atoms with van der Waals surface area (Å²) in [6, 6.07) is 14.2. The van der Waals surface area contributed by atoms with Crippen molar-refractivity contribution in [2.24, 2.45) is 0 Å². The number of carboxylic acids is 1. The van der Waals surface area contributed by atoms with Crippen molar-refractivity contribution in [3.63, 3.8) is 0 Å². The number of carbonyl (C=O) groups is 2. The molecule has 0 aliphatic carbocycles. The van der Waals surface area contributed by atoms with Crippen LogP contribution in [0.3, 0.4) is 0 Å². The normalized spacial score (nSPS) is 10.6. The van der Waals surface area contributed by atoms with Gasteiger partial charge >= 0.3 is 11.9 Å². The summed E-state index contributed by atoms with van der Waals surface area (Å²) in [7, 11) is 1.31. The van der Waals surface area contributed by atoms with Crippen LogP contribution in [0, 0.1) is 0 Å². The van der Waals surface area contributed by atoms with Crippen molar-refractivity contribution in [2.75, 3.05) is 7.11 Å². The van der Waals surface area contributed by atoms with Crippen LogP contribution in [0.15, 0.2) is 54.7 Å². The molecule has 0 amide bonds. The van der Waals surface area contributed by atoms with E-state index >= 15 is 0 Å². The second kappa shape index (κ2) is 5.37. The number of hydrogen-bond acceptors (Lipinski definition) is 3. The molecule has 2 heterocycles. The zero-order valence-corrected chi connectivity index (χ0v) is 11.8. The molecular formula is C17H13NO4. The Kier molecular flexibility index (Phi) is 3.39. The number of aromatic nitrogens is 1. The van der Waals surface area contributed by atoms with Gasteiger partial charge in [-0.05, 0) is 23.8 Å². The highest BCUT2D eigenvalue weighted by Gasteiger charge is 2.17. The van der Waals surface area contributed by atoms with Crippen molar-refractivity contribution in [3.8, 4) is 11.1 Å². The molecule has 2 aromatic heterocycles. The monoisotopic (exact) mass is 295 g/mol. The molecule has 0 aliphatic rings. The fourth-order valence-electron chi connectivity index (χ4n) is 2.46. The van der Waals surface area contributed by atoms with E-state index in [0.29, 0.717) is 11.1 Å². The second-order valence-corrected chi connectivity index (χ2v) is 4.78. The minimum atomic E-state index is -1.03. The lowest BCUT2D eigenvalue weighted by Gasteiger charge is -2.04. The van der Waals surface area contributed by atoms with Gasteiger partial charge in [0.1, 0.15) is 5.69 Å². The van der Waals surface area contributed by atoms with Crippen molar-refractivity contribution in [2.45, 2.75) is 0 Å². The summed E-state index contributed by atoms with van der Waals surface area (Å²) < 4.78 is 6.27. The first-order valence-corrected chi connectivity index (χ1v) is 6.64. The molecule has 3 aromatic rings. The third-order valence-corrected chi connectivity index (χ3v) is 3.50. The van der Waals surface area contributed by atoms with E-state index in [0.717, 1.165) is 11.1 Å². The second-order valence-electron chi connectivity index (χ2n) is 4.78. The Bertz CT molecular complexity index is 865. The summed E-state index contributed by atoms with van der Waals surface area (Å²) in [5, 5.41) is 9.36. The number of hydrogen-bond donors (Lipinski definition) is 1. The van der Waals surface area contributed by atoms with E-state index < -0.39 is 11.9 Å². The van der Waals surface area contributed by atoms with Gasteiger partial charge < -0.3 is 14.2 Å². The van der Waals surface area contributed by atoms with Gasteiger partial charge in [0.25, 0.3) is 0 Å². The number of pyridine rings is 1. The Hall–Kier alpha value is -3.08. The number of methoxy groups -OCH3 is 1. The number of ether oxygens (including phenoxy) is 1. The zero-order valence-electron chi connectivity index (χ0n) is 11.8. The van der Waals surface area contributed by atoms with E-state index in [9.17, 15) is 14.7 Å². The van der Waals surface area contributed by atoms with E-state index in [4.69, 9.17) is 4.74 Å². The predicted molar refractivity (Wildman–Crippen MR) is 81.1 cm³/mol. The quantitative estimate of drug-likeness (QED) is 0.754. The highest BCUT2D eigenvalue weighted by Crippen LogP contribution is 2.29. The van der Waals surface area contributed by atoms with Gasteiger partial charge in [-0.2, -0.15) is 0 Å². The molecule has 0 saturated heterocycles. The topological polar surface area (TPSA) is 68.0 Å². The lowest BCUT2D eigenvalue weighted by atomic mass is 10.1. The lowest BCUT2D eigenvalue weighted by molar-refractivity contribution is 0.0600. The maximum Gasteiger partial charge on any atom is 0.352 e. The van der Waals surface area contributed by atoms with Crippen molar-refractivity contribution in [3.05, 3.63) is 66.0 Å². The van der Waals surface area contributed by atoms with Crippen LogP contribution in [-0.4, -0.2) is 28.6 Å². The number of fused-ring (bicyclic) bond motifs is 1. The minimum Gasteiger partial charge on any atom is -0.477 e. The average molecular weight is 295 g/mol. The Balaban J connectivity index is 2.30. The van der Waals surface area contributed by atoms with Crippen molar-refractivity contribution >= 4 is 17.5 Å². The molecule has 0 unspecified atom stereocenters. The summed E-state index contributed by atoms with van der Waals surface area (Å²) in [6.45, 7) is 0. The number of esters is 1. The van der Waals surface area contributed by atoms with Crippen LogP contribution in [0.2, 0.25) is 0 Å². The first-order chi connectivity index (χ1) is 10.6. The fraction of sp³-hybridized carbons (Fsp3) is 0.0588. The molecule has 0 spiro atoms. The van der Waals surface area contributed by atoms with Gasteiger partial charge in [-0.1, -0.05) is 30.3 Å². The molecule has 110 valence electrons. The van der Waals surface area contributed by atoms with Crippen molar-refractivity contribution in [1.82, 2.24) is 4.40 Å². The van der Waals surface area contributed by atoms with Crippen molar-refractivity contribution < 1.29 is 19.4 Å². The molecule has 5 nitrogen and oxygen atoms in total. The highest BCUT2D eigenvalue weighted by atomic mass is 16.5. The van der Waals surface area contributed by atoms with Gasteiger partial charge in [0.2, 0.25) is 0 Å². The molecule has 1 aromatic carbocycles. The largest absolute Gasteiger partial charge is 0.477 e. The summed E-state index contributed by atoms with van der Waals surface area (Å²) in [5.74, 6) is -1.48. The van der Waals surface area contributed by atoms with Gasteiger partial charge in [-0.15, -0.1) is 0 Å². The first-order valence-electron chi connectivity index (χ1n) is 6.64. The summed E-state index contributed by atoms with van der Waals surface area (Å²) in [6.07, 6.45) is 1.57. The number of nitrogens with zero attached hydrogens (tertiary/aromatic N) is 1. The molecule has 5 heteroatoms. The van der Waals surface area contributed by atoms with Crippen LogP contribution in [0.4, 0.5) is 0 Å². The summed E-state index contributed by atoms with van der Waals surface area (Å²) >= 11 is 0. The Morgan fingerprint density at radius 2 is 1.82 bits per heavy atom. The predicted octanol–water partition coefficient (Wildman–Crippen LogP) is 3.09. The van der Waals surface area contributed by atoms with E-state index in [1.807, 2.05) is 30.3 Å². The third-order valence-electron chi connectivity index (χ3n) is 3.50. The summed E-state index contributed by atoms with van der Waals surface area (Å²) in [4.78, 5) is 23.1. The number of carbonyl (C=O) groups excluding carboxylic acids is 1. The molecule has 0 aliphatic heterocycles. The van der Waals surface area contributed by atoms with Crippen molar-refractivity contribution in [1.29, 1.82) is 0 Å². The van der Waals surface area contributed by atoms with E-state index in [1.165, 1.54) is 7.11 Å². The van der Waals surface area contributed by atoms with Gasteiger partial charge in [0.15, 0.2) is 0 Å². The Morgan fingerprint density at radius 1 is 1.09 bits per heavy atom. The lowest BCUT2D eigenvalue weighted by Crippen LogP contribution is -2.04. The van der Waals surface area contributed by atoms with Crippen LogP contribution >= 0.6 is 0 Å². The minimum absolute atomic E-state index is 0.144. The summed E-state index contributed by atoms with van der Waals surface area (Å²) in [5.41, 5.74) is 2.80. The Morgan fingerprint density at radius 3 is 2.45 bits per heavy atom. The van der Waals surface area contributed by atoms with Crippen LogP contribution < -0.4 is 0 Å². The SMILES string of the molecule is COC(=O)c1ccn2c(C(=O)O)cc(-c3ccccc3)c2c1. The smallest absolute Gasteiger partial charge is 0.352 e. The highest BCUT2D eigenvalue weighted by molar-refractivity contribution is 5.97. The molecule has 22 heavy (non-hydrogen) atoms. The van der Waals surface area contributed by atoms with E-state index in [-0.39, 0.29) is 5.69 Å². The number of carboxylic acid groups (broad SMARTS) is 1. The van der Waals surface area contributed by atoms with Gasteiger partial charge in [-0.25, -0.2) is 9.59 Å². The van der Waals surface area contributed by atoms with Crippen LogP contribution in [0.5, 0.6) is 0 Å². The molecule has 0 radical (unpaired) electrons. The molecule has 3 rings (SSSR count). The maximum atomic E-state index is 11.7. The molecule has 1 N–H and O–H groups in total. The first kappa shape index (κ1) is 13.9. The zero-order chi connectivity index (χ0) is 15.7. The average Bonchev–Trinajstić information content (AvgIpc) is 2.94. The van der Waals surface area contributed by atoms with Crippen LogP contribution in [0.25, 0.3) is 16.6 Å². The van der Waals surface area contributed by atoms with E-state index in [1.54, 1.807) is 28.8 Å². The number of aromatic carboxylic acids is 1. The molecule has 0 fully saturated rings. The van der Waals surface area contributed by atoms with E-state index in [2.05, 4.69) is 0 Å².